The fraction of sp³-hybridized carbons (Fsp3) is 0.385. The van der Waals surface area contributed by atoms with Gasteiger partial charge in [-0.3, -0.25) is 0 Å². The molecule has 2 aromatic rings. The second-order valence-corrected chi connectivity index (χ2v) is 4.61. The number of hydrogen-bond acceptors (Lipinski definition) is 6. The van der Waals surface area contributed by atoms with E-state index in [0.29, 0.717) is 31.3 Å². The lowest BCUT2D eigenvalue weighted by atomic mass is 10.0. The largest absolute Gasteiger partial charge is 0.497 e. The molecule has 0 aliphatic carbocycles. The van der Waals surface area contributed by atoms with Crippen LogP contribution in [0.4, 0.5) is 0 Å². The van der Waals surface area contributed by atoms with Gasteiger partial charge in [-0.05, 0) is 30.7 Å². The predicted octanol–water partition coefficient (Wildman–Crippen LogP) is 1.32. The van der Waals surface area contributed by atoms with Crippen molar-refractivity contribution >= 4 is 0 Å². The van der Waals surface area contributed by atoms with E-state index in [4.69, 9.17) is 19.7 Å². The molecule has 1 aliphatic heterocycles. The monoisotopic (exact) mass is 261 g/mol. The van der Waals surface area contributed by atoms with Crippen LogP contribution in [-0.2, 0) is 10.3 Å². The molecule has 1 saturated heterocycles. The van der Waals surface area contributed by atoms with E-state index in [2.05, 4.69) is 10.1 Å². The Labute approximate surface area is 110 Å². The van der Waals surface area contributed by atoms with E-state index in [1.165, 1.54) is 0 Å². The molecule has 0 saturated carbocycles. The Kier molecular flexibility index (Phi) is 2.96. The Morgan fingerprint density at radius 2 is 2.11 bits per heavy atom. The quantitative estimate of drug-likeness (QED) is 0.897. The van der Waals surface area contributed by atoms with Gasteiger partial charge in [0.15, 0.2) is 0 Å². The molecule has 0 amide bonds. The summed E-state index contributed by atoms with van der Waals surface area (Å²) < 4.78 is 15.7. The third-order valence-corrected chi connectivity index (χ3v) is 3.25. The summed E-state index contributed by atoms with van der Waals surface area (Å²) in [7, 11) is 1.62. The highest BCUT2D eigenvalue weighted by atomic mass is 16.5. The maximum Gasteiger partial charge on any atom is 0.249 e. The van der Waals surface area contributed by atoms with E-state index in [1.807, 2.05) is 24.3 Å². The molecule has 3 rings (SSSR count). The van der Waals surface area contributed by atoms with Gasteiger partial charge in [-0.2, -0.15) is 4.98 Å². The number of hydrogen-bond donors (Lipinski definition) is 1. The lowest BCUT2D eigenvalue weighted by molar-refractivity contribution is 0.166. The maximum absolute atomic E-state index is 6.18. The van der Waals surface area contributed by atoms with Crippen LogP contribution in [0.1, 0.15) is 12.3 Å². The molecule has 0 radical (unpaired) electrons. The van der Waals surface area contributed by atoms with Crippen molar-refractivity contribution in [3.05, 3.63) is 30.2 Å². The summed E-state index contributed by atoms with van der Waals surface area (Å²) in [5.74, 6) is 1.73. The molecule has 0 bridgehead atoms. The molecular weight excluding hydrogens is 246 g/mol. The van der Waals surface area contributed by atoms with Gasteiger partial charge in [0, 0.05) is 12.2 Å². The molecule has 100 valence electrons. The smallest absolute Gasteiger partial charge is 0.249 e. The van der Waals surface area contributed by atoms with Crippen molar-refractivity contribution in [2.24, 2.45) is 5.73 Å². The van der Waals surface area contributed by atoms with Gasteiger partial charge in [-0.15, -0.1) is 0 Å². The minimum absolute atomic E-state index is 0.414. The van der Waals surface area contributed by atoms with Crippen LogP contribution < -0.4 is 10.5 Å². The van der Waals surface area contributed by atoms with Crippen molar-refractivity contribution in [1.29, 1.82) is 0 Å². The number of aromatic nitrogens is 2. The molecule has 1 aliphatic rings. The molecule has 1 fully saturated rings. The first-order valence-corrected chi connectivity index (χ1v) is 6.06. The Hall–Kier alpha value is -1.92. The van der Waals surface area contributed by atoms with Gasteiger partial charge in [0.2, 0.25) is 11.7 Å². The van der Waals surface area contributed by atoms with Crippen LogP contribution in [-0.4, -0.2) is 30.5 Å². The van der Waals surface area contributed by atoms with Crippen LogP contribution in [0, 0.1) is 0 Å². The van der Waals surface area contributed by atoms with E-state index >= 15 is 0 Å². The molecule has 1 atom stereocenters. The first-order valence-electron chi connectivity index (χ1n) is 6.06. The third-order valence-electron chi connectivity index (χ3n) is 3.25. The van der Waals surface area contributed by atoms with Gasteiger partial charge in [-0.1, -0.05) is 5.16 Å². The zero-order valence-electron chi connectivity index (χ0n) is 10.6. The van der Waals surface area contributed by atoms with E-state index in [1.54, 1.807) is 7.11 Å². The summed E-state index contributed by atoms with van der Waals surface area (Å²) in [5, 5.41) is 3.97. The van der Waals surface area contributed by atoms with E-state index in [-0.39, 0.29) is 0 Å². The second kappa shape index (κ2) is 4.64. The van der Waals surface area contributed by atoms with Gasteiger partial charge in [0.25, 0.3) is 0 Å². The zero-order chi connectivity index (χ0) is 13.3. The van der Waals surface area contributed by atoms with E-state index < -0.39 is 5.54 Å². The van der Waals surface area contributed by atoms with Gasteiger partial charge in [0.05, 0.1) is 13.7 Å². The Morgan fingerprint density at radius 3 is 2.74 bits per heavy atom. The number of nitrogens with zero attached hydrogens (tertiary/aromatic N) is 2. The zero-order valence-corrected chi connectivity index (χ0v) is 10.6. The molecule has 2 heterocycles. The lowest BCUT2D eigenvalue weighted by Gasteiger charge is -2.14. The summed E-state index contributed by atoms with van der Waals surface area (Å²) in [6.45, 7) is 1.04. The summed E-state index contributed by atoms with van der Waals surface area (Å²) in [5.41, 5.74) is 6.38. The molecule has 1 aromatic heterocycles. The standard InChI is InChI=1S/C13H15N3O3/c1-17-10-4-2-9(3-5-10)11-15-12(19-16-11)13(14)6-7-18-8-13/h2-5H,6-8,14H2,1H3. The van der Waals surface area contributed by atoms with Gasteiger partial charge >= 0.3 is 0 Å². The van der Waals surface area contributed by atoms with Crippen LogP contribution in [0.2, 0.25) is 0 Å². The Bertz CT molecular complexity index is 559. The summed E-state index contributed by atoms with van der Waals surface area (Å²) in [4.78, 5) is 4.37. The Morgan fingerprint density at radius 1 is 1.32 bits per heavy atom. The molecule has 6 heteroatoms. The number of rotatable bonds is 3. The molecule has 19 heavy (non-hydrogen) atoms. The van der Waals surface area contributed by atoms with Crippen molar-refractivity contribution < 1.29 is 14.0 Å². The fourth-order valence-corrected chi connectivity index (χ4v) is 2.03. The molecule has 0 spiro atoms. The average molecular weight is 261 g/mol. The summed E-state index contributed by atoms with van der Waals surface area (Å²) >= 11 is 0. The number of ether oxygens (including phenoxy) is 2. The summed E-state index contributed by atoms with van der Waals surface area (Å²) in [6, 6.07) is 7.45. The number of methoxy groups -OCH3 is 1. The highest BCUT2D eigenvalue weighted by Gasteiger charge is 2.38. The van der Waals surface area contributed by atoms with Gasteiger partial charge in [-0.25, -0.2) is 0 Å². The van der Waals surface area contributed by atoms with Crippen molar-refractivity contribution in [3.8, 4) is 17.1 Å². The van der Waals surface area contributed by atoms with Gasteiger partial charge in [0.1, 0.15) is 11.3 Å². The molecule has 6 nitrogen and oxygen atoms in total. The first kappa shape index (κ1) is 12.1. The molecule has 2 N–H and O–H groups in total. The topological polar surface area (TPSA) is 83.4 Å². The minimum atomic E-state index is -0.655. The van der Waals surface area contributed by atoms with Crippen LogP contribution >= 0.6 is 0 Å². The lowest BCUT2D eigenvalue weighted by Crippen LogP contribution is -2.37. The Balaban J connectivity index is 1.87. The van der Waals surface area contributed by atoms with Crippen molar-refractivity contribution in [2.75, 3.05) is 20.3 Å². The normalized spacial score (nSPS) is 22.6. The number of benzene rings is 1. The third kappa shape index (κ3) is 2.20. The van der Waals surface area contributed by atoms with E-state index in [9.17, 15) is 0 Å². The van der Waals surface area contributed by atoms with Crippen molar-refractivity contribution in [3.63, 3.8) is 0 Å². The molecular formula is C13H15N3O3. The van der Waals surface area contributed by atoms with Crippen molar-refractivity contribution in [1.82, 2.24) is 10.1 Å². The van der Waals surface area contributed by atoms with Gasteiger partial charge < -0.3 is 19.7 Å². The average Bonchev–Trinajstić information content (AvgIpc) is 3.08. The highest BCUT2D eigenvalue weighted by Crippen LogP contribution is 2.28. The number of nitrogens with two attached hydrogens (primary N) is 1. The van der Waals surface area contributed by atoms with Crippen molar-refractivity contribution in [2.45, 2.75) is 12.0 Å². The van der Waals surface area contributed by atoms with Crippen LogP contribution in [0.15, 0.2) is 28.8 Å². The van der Waals surface area contributed by atoms with Crippen LogP contribution in [0.3, 0.4) is 0 Å². The van der Waals surface area contributed by atoms with Crippen LogP contribution in [0.25, 0.3) is 11.4 Å². The first-order chi connectivity index (χ1) is 9.21. The minimum Gasteiger partial charge on any atom is -0.497 e. The fourth-order valence-electron chi connectivity index (χ4n) is 2.03. The SMILES string of the molecule is COc1ccc(-c2noc(C3(N)CCOC3)n2)cc1. The highest BCUT2D eigenvalue weighted by molar-refractivity contribution is 5.55. The van der Waals surface area contributed by atoms with Crippen LogP contribution in [0.5, 0.6) is 5.75 Å². The predicted molar refractivity (Wildman–Crippen MR) is 67.6 cm³/mol. The maximum atomic E-state index is 6.18. The summed E-state index contributed by atoms with van der Waals surface area (Å²) in [6.07, 6.45) is 0.692. The van der Waals surface area contributed by atoms with E-state index in [0.717, 1.165) is 11.3 Å². The molecule has 1 unspecified atom stereocenters. The second-order valence-electron chi connectivity index (χ2n) is 4.61. The molecule has 1 aromatic carbocycles.